The second kappa shape index (κ2) is 6.66. The fraction of sp³-hybridized carbons (Fsp3) is 0.167. The Bertz CT molecular complexity index is 485. The number of carbonyl (C=O) groups excluding carboxylic acids is 1. The molecule has 96 valence electrons. The first-order valence-electron chi connectivity index (χ1n) is 5.16. The summed E-state index contributed by atoms with van der Waals surface area (Å²) in [5.41, 5.74) is 0.284. The lowest BCUT2D eigenvalue weighted by atomic mass is 10.2. The van der Waals surface area contributed by atoms with E-state index < -0.39 is 11.9 Å². The number of halogens is 1. The van der Waals surface area contributed by atoms with Crippen molar-refractivity contribution in [3.63, 3.8) is 0 Å². The van der Waals surface area contributed by atoms with Gasteiger partial charge >= 0.3 is 5.97 Å². The van der Waals surface area contributed by atoms with Crippen molar-refractivity contribution in [1.29, 1.82) is 0 Å². The highest BCUT2D eigenvalue weighted by Crippen LogP contribution is 2.20. The summed E-state index contributed by atoms with van der Waals surface area (Å²) in [6, 6.07) is 4.21. The van der Waals surface area contributed by atoms with Crippen LogP contribution in [0.2, 0.25) is 5.02 Å². The molecule has 0 saturated carbocycles. The van der Waals surface area contributed by atoms with Crippen molar-refractivity contribution in [1.82, 2.24) is 0 Å². The summed E-state index contributed by atoms with van der Waals surface area (Å²) in [5, 5.41) is 11.5. The number of hydrogen-bond donors (Lipinski definition) is 2. The molecule has 0 atom stereocenters. The SMILES string of the molecule is CCOC=CC(=O)Nc1ccc(Cl)c(C(=O)O)c1. The van der Waals surface area contributed by atoms with Crippen LogP contribution in [0.4, 0.5) is 5.69 Å². The third-order valence-electron chi connectivity index (χ3n) is 1.95. The lowest BCUT2D eigenvalue weighted by Crippen LogP contribution is -2.09. The minimum absolute atomic E-state index is 0.0664. The molecule has 0 aliphatic heterocycles. The zero-order chi connectivity index (χ0) is 13.5. The van der Waals surface area contributed by atoms with Crippen LogP contribution < -0.4 is 5.32 Å². The van der Waals surface area contributed by atoms with E-state index in [1.165, 1.54) is 30.5 Å². The standard InChI is InChI=1S/C12H12ClNO4/c1-2-18-6-5-11(15)14-8-3-4-10(13)9(7-8)12(16)17/h3-7H,2H2,1H3,(H,14,15)(H,16,17). The van der Waals surface area contributed by atoms with Crippen molar-refractivity contribution in [2.45, 2.75) is 6.92 Å². The fourth-order valence-corrected chi connectivity index (χ4v) is 1.36. The van der Waals surface area contributed by atoms with Crippen LogP contribution in [0.5, 0.6) is 0 Å². The number of rotatable bonds is 5. The lowest BCUT2D eigenvalue weighted by Gasteiger charge is -2.05. The van der Waals surface area contributed by atoms with Gasteiger partial charge in [-0.3, -0.25) is 4.79 Å². The van der Waals surface area contributed by atoms with Gasteiger partial charge in [0, 0.05) is 11.8 Å². The van der Waals surface area contributed by atoms with Crippen LogP contribution in [0.3, 0.4) is 0 Å². The van der Waals surface area contributed by atoms with E-state index in [1.54, 1.807) is 6.92 Å². The zero-order valence-electron chi connectivity index (χ0n) is 9.64. The number of amides is 1. The van der Waals surface area contributed by atoms with Crippen molar-refractivity contribution >= 4 is 29.2 Å². The third-order valence-corrected chi connectivity index (χ3v) is 2.28. The number of hydrogen-bond acceptors (Lipinski definition) is 3. The van der Waals surface area contributed by atoms with Gasteiger partial charge < -0.3 is 15.2 Å². The van der Waals surface area contributed by atoms with Crippen molar-refractivity contribution in [3.05, 3.63) is 41.1 Å². The van der Waals surface area contributed by atoms with E-state index in [4.69, 9.17) is 21.4 Å². The number of benzene rings is 1. The molecule has 0 spiro atoms. The molecule has 1 aromatic rings. The van der Waals surface area contributed by atoms with Gasteiger partial charge in [-0.1, -0.05) is 11.6 Å². The van der Waals surface area contributed by atoms with Gasteiger partial charge in [-0.2, -0.15) is 0 Å². The molecule has 0 saturated heterocycles. The normalized spacial score (nSPS) is 10.3. The van der Waals surface area contributed by atoms with Gasteiger partial charge in [0.15, 0.2) is 0 Å². The van der Waals surface area contributed by atoms with Crippen LogP contribution in [-0.2, 0) is 9.53 Å². The Morgan fingerprint density at radius 3 is 2.83 bits per heavy atom. The molecule has 0 unspecified atom stereocenters. The van der Waals surface area contributed by atoms with Crippen LogP contribution in [0.25, 0.3) is 0 Å². The molecule has 0 bridgehead atoms. The van der Waals surface area contributed by atoms with Gasteiger partial charge in [0.25, 0.3) is 5.91 Å². The first kappa shape index (κ1) is 14.1. The molecule has 0 radical (unpaired) electrons. The summed E-state index contributed by atoms with van der Waals surface area (Å²) in [4.78, 5) is 22.2. The first-order valence-corrected chi connectivity index (χ1v) is 5.54. The predicted molar refractivity (Wildman–Crippen MR) is 67.8 cm³/mol. The average molecular weight is 270 g/mol. The second-order valence-corrected chi connectivity index (χ2v) is 3.65. The first-order chi connectivity index (χ1) is 8.54. The van der Waals surface area contributed by atoms with E-state index >= 15 is 0 Å². The zero-order valence-corrected chi connectivity index (χ0v) is 10.4. The summed E-state index contributed by atoms with van der Waals surface area (Å²) in [6.07, 6.45) is 2.47. The fourth-order valence-electron chi connectivity index (χ4n) is 1.16. The van der Waals surface area contributed by atoms with E-state index in [2.05, 4.69) is 5.32 Å². The quantitative estimate of drug-likeness (QED) is 0.636. The van der Waals surface area contributed by atoms with Crippen LogP contribution >= 0.6 is 11.6 Å². The Morgan fingerprint density at radius 2 is 2.22 bits per heavy atom. The maximum Gasteiger partial charge on any atom is 0.337 e. The van der Waals surface area contributed by atoms with E-state index in [0.717, 1.165) is 0 Å². The Labute approximate surface area is 109 Å². The van der Waals surface area contributed by atoms with Crippen molar-refractivity contribution in [3.8, 4) is 0 Å². The summed E-state index contributed by atoms with van der Waals surface area (Å²) in [7, 11) is 0. The number of aromatic carboxylic acids is 1. The molecule has 0 aliphatic carbocycles. The number of carboxylic acid groups (broad SMARTS) is 1. The molecule has 0 aromatic heterocycles. The maximum atomic E-state index is 11.4. The van der Waals surface area contributed by atoms with Gasteiger partial charge in [-0.15, -0.1) is 0 Å². The van der Waals surface area contributed by atoms with Crippen LogP contribution in [0, 0.1) is 0 Å². The van der Waals surface area contributed by atoms with Crippen LogP contribution in [0.1, 0.15) is 17.3 Å². The minimum atomic E-state index is -1.15. The van der Waals surface area contributed by atoms with Crippen molar-refractivity contribution in [2.75, 3.05) is 11.9 Å². The van der Waals surface area contributed by atoms with Crippen molar-refractivity contribution < 1.29 is 19.4 Å². The number of nitrogens with one attached hydrogen (secondary N) is 1. The van der Waals surface area contributed by atoms with E-state index in [0.29, 0.717) is 12.3 Å². The minimum Gasteiger partial charge on any atom is -0.501 e. The molecule has 0 aliphatic rings. The number of carbonyl (C=O) groups is 2. The molecule has 0 fully saturated rings. The monoisotopic (exact) mass is 269 g/mol. The third kappa shape index (κ3) is 4.10. The topological polar surface area (TPSA) is 75.6 Å². The second-order valence-electron chi connectivity index (χ2n) is 3.25. The summed E-state index contributed by atoms with van der Waals surface area (Å²) in [5.74, 6) is -1.57. The average Bonchev–Trinajstić information content (AvgIpc) is 2.31. The maximum absolute atomic E-state index is 11.4. The molecular formula is C12H12ClNO4. The largest absolute Gasteiger partial charge is 0.501 e. The van der Waals surface area contributed by atoms with Crippen molar-refractivity contribution in [2.24, 2.45) is 0 Å². The predicted octanol–water partition coefficient (Wildman–Crippen LogP) is 2.53. The van der Waals surface area contributed by atoms with Crippen LogP contribution in [0.15, 0.2) is 30.5 Å². The molecule has 1 rings (SSSR count). The number of anilines is 1. The number of carboxylic acids is 1. The highest BCUT2D eigenvalue weighted by Gasteiger charge is 2.09. The Kier molecular flexibility index (Phi) is 5.20. The van der Waals surface area contributed by atoms with Gasteiger partial charge in [0.05, 0.1) is 23.5 Å². The summed E-state index contributed by atoms with van der Waals surface area (Å²) in [6.45, 7) is 2.26. The smallest absolute Gasteiger partial charge is 0.337 e. The Hall–Kier alpha value is -2.01. The Morgan fingerprint density at radius 1 is 1.50 bits per heavy atom. The molecular weight excluding hydrogens is 258 g/mol. The summed E-state index contributed by atoms with van der Waals surface area (Å²) >= 11 is 5.70. The lowest BCUT2D eigenvalue weighted by molar-refractivity contribution is -0.112. The molecule has 6 heteroatoms. The Balaban J connectivity index is 2.76. The highest BCUT2D eigenvalue weighted by molar-refractivity contribution is 6.33. The van der Waals surface area contributed by atoms with E-state index in [9.17, 15) is 9.59 Å². The molecule has 1 amide bonds. The molecule has 18 heavy (non-hydrogen) atoms. The molecule has 1 aromatic carbocycles. The van der Waals surface area contributed by atoms with Crippen LogP contribution in [-0.4, -0.2) is 23.6 Å². The van der Waals surface area contributed by atoms with E-state index in [-0.39, 0.29) is 10.6 Å². The molecule has 0 heterocycles. The van der Waals surface area contributed by atoms with Gasteiger partial charge in [0.2, 0.25) is 0 Å². The van der Waals surface area contributed by atoms with E-state index in [1.807, 2.05) is 0 Å². The molecule has 5 nitrogen and oxygen atoms in total. The van der Waals surface area contributed by atoms with Gasteiger partial charge in [-0.25, -0.2) is 4.79 Å². The summed E-state index contributed by atoms with van der Waals surface area (Å²) < 4.78 is 4.87. The van der Waals surface area contributed by atoms with Gasteiger partial charge in [-0.05, 0) is 25.1 Å². The number of ether oxygens (including phenoxy) is 1. The van der Waals surface area contributed by atoms with Gasteiger partial charge in [0.1, 0.15) is 0 Å². The highest BCUT2D eigenvalue weighted by atomic mass is 35.5. The molecule has 2 N–H and O–H groups in total.